The van der Waals surface area contributed by atoms with Gasteiger partial charge in [-0.05, 0) is 46.7 Å². The van der Waals surface area contributed by atoms with Crippen LogP contribution in [0.3, 0.4) is 0 Å². The Balaban J connectivity index is 1.61. The average molecular weight is 475 g/mol. The average Bonchev–Trinajstić information content (AvgIpc) is 3.28. The zero-order chi connectivity index (χ0) is 22.2. The van der Waals surface area contributed by atoms with E-state index in [1.54, 1.807) is 41.8 Å². The molecule has 0 aliphatic carbocycles. The van der Waals surface area contributed by atoms with Crippen molar-refractivity contribution in [2.75, 3.05) is 0 Å². The quantitative estimate of drug-likeness (QED) is 0.155. The lowest BCUT2D eigenvalue weighted by atomic mass is 10.0. The predicted octanol–water partition coefficient (Wildman–Crippen LogP) is 7.44. The van der Waals surface area contributed by atoms with Gasteiger partial charge in [0.2, 0.25) is 0 Å². The van der Waals surface area contributed by atoms with E-state index >= 15 is 0 Å². The Kier molecular flexibility index (Phi) is 5.28. The maximum atomic E-state index is 12.7. The third kappa shape index (κ3) is 3.69. The van der Waals surface area contributed by atoms with Crippen molar-refractivity contribution in [3.8, 4) is 17.3 Å². The summed E-state index contributed by atoms with van der Waals surface area (Å²) in [6.07, 6.45) is 1.65. The standard InChI is InChI=1S/C25H12Cl2N2O2S/c26-17-7-5-15(21(27)10-17)9-16(12-28)24-29-22(13-32-24)20-11-19-18-4-2-1-3-14(18)6-8-23(19)31-25(20)30/h1-11,13H. The SMILES string of the molecule is N#CC(=Cc1ccc(Cl)cc1Cl)c1nc(-c2cc3c(ccc4ccccc43)oc2=O)cs1. The fraction of sp³-hybridized carbons (Fsp3) is 0. The topological polar surface area (TPSA) is 66.9 Å². The van der Waals surface area contributed by atoms with E-state index < -0.39 is 5.63 Å². The molecule has 0 aliphatic heterocycles. The van der Waals surface area contributed by atoms with Gasteiger partial charge in [-0.25, -0.2) is 9.78 Å². The number of nitriles is 1. The van der Waals surface area contributed by atoms with Crippen LogP contribution in [0.4, 0.5) is 0 Å². The maximum Gasteiger partial charge on any atom is 0.345 e. The second kappa shape index (κ2) is 8.25. The molecule has 0 radical (unpaired) electrons. The Morgan fingerprint density at radius 2 is 1.91 bits per heavy atom. The summed E-state index contributed by atoms with van der Waals surface area (Å²) < 4.78 is 5.57. The van der Waals surface area contributed by atoms with Crippen LogP contribution in [0.2, 0.25) is 10.0 Å². The third-order valence-electron chi connectivity index (χ3n) is 5.04. The van der Waals surface area contributed by atoms with Gasteiger partial charge in [0.05, 0.1) is 16.8 Å². The number of benzene rings is 3. The highest BCUT2D eigenvalue weighted by Gasteiger charge is 2.15. The van der Waals surface area contributed by atoms with E-state index in [9.17, 15) is 10.1 Å². The van der Waals surface area contributed by atoms with E-state index in [0.717, 1.165) is 16.2 Å². The van der Waals surface area contributed by atoms with Gasteiger partial charge >= 0.3 is 5.63 Å². The normalized spacial score (nSPS) is 11.7. The van der Waals surface area contributed by atoms with E-state index in [2.05, 4.69) is 11.1 Å². The molecule has 5 aromatic rings. The first-order chi connectivity index (χ1) is 15.5. The van der Waals surface area contributed by atoms with Crippen molar-refractivity contribution in [1.29, 1.82) is 5.26 Å². The van der Waals surface area contributed by atoms with Crippen LogP contribution >= 0.6 is 34.5 Å². The van der Waals surface area contributed by atoms with Crippen LogP contribution in [0, 0.1) is 11.3 Å². The zero-order valence-electron chi connectivity index (χ0n) is 16.3. The van der Waals surface area contributed by atoms with Crippen LogP contribution in [-0.4, -0.2) is 4.98 Å². The number of fused-ring (bicyclic) bond motifs is 3. The Morgan fingerprint density at radius 3 is 2.72 bits per heavy atom. The van der Waals surface area contributed by atoms with E-state index in [-0.39, 0.29) is 0 Å². The number of thiazole rings is 1. The molecule has 0 bridgehead atoms. The molecule has 0 unspecified atom stereocenters. The summed E-state index contributed by atoms with van der Waals surface area (Å²) >= 11 is 13.5. The van der Waals surface area contributed by atoms with Gasteiger partial charge in [0, 0.05) is 20.8 Å². The monoisotopic (exact) mass is 474 g/mol. The highest BCUT2D eigenvalue weighted by atomic mass is 35.5. The molecule has 3 aromatic carbocycles. The summed E-state index contributed by atoms with van der Waals surface area (Å²) in [4.78, 5) is 17.2. The van der Waals surface area contributed by atoms with Gasteiger partial charge < -0.3 is 4.42 Å². The van der Waals surface area contributed by atoms with E-state index in [1.165, 1.54) is 11.3 Å². The van der Waals surface area contributed by atoms with Gasteiger partial charge in [0.15, 0.2) is 0 Å². The third-order valence-corrected chi connectivity index (χ3v) is 6.47. The number of allylic oxidation sites excluding steroid dienone is 1. The highest BCUT2D eigenvalue weighted by molar-refractivity contribution is 7.11. The van der Waals surface area contributed by atoms with Crippen molar-refractivity contribution in [2.24, 2.45) is 0 Å². The minimum absolute atomic E-state index is 0.334. The van der Waals surface area contributed by atoms with E-state index in [4.69, 9.17) is 27.6 Å². The van der Waals surface area contributed by atoms with Gasteiger partial charge in [0.25, 0.3) is 0 Å². The number of nitrogens with zero attached hydrogens (tertiary/aromatic N) is 2. The summed E-state index contributed by atoms with van der Waals surface area (Å²) in [6.45, 7) is 0. The molecule has 0 spiro atoms. The largest absolute Gasteiger partial charge is 0.422 e. The Morgan fingerprint density at radius 1 is 1.06 bits per heavy atom. The highest BCUT2D eigenvalue weighted by Crippen LogP contribution is 2.31. The van der Waals surface area contributed by atoms with Crippen LogP contribution in [0.5, 0.6) is 0 Å². The van der Waals surface area contributed by atoms with Crippen molar-refractivity contribution < 1.29 is 4.42 Å². The predicted molar refractivity (Wildman–Crippen MR) is 131 cm³/mol. The minimum atomic E-state index is -0.479. The molecule has 0 atom stereocenters. The number of hydrogen-bond donors (Lipinski definition) is 0. The van der Waals surface area contributed by atoms with Crippen LogP contribution in [0.15, 0.2) is 75.3 Å². The number of aromatic nitrogens is 1. The van der Waals surface area contributed by atoms with Crippen molar-refractivity contribution in [3.63, 3.8) is 0 Å². The van der Waals surface area contributed by atoms with Crippen molar-refractivity contribution in [1.82, 2.24) is 4.98 Å². The Hall–Kier alpha value is -3.43. The van der Waals surface area contributed by atoms with Crippen molar-refractivity contribution >= 4 is 67.9 Å². The van der Waals surface area contributed by atoms with Gasteiger partial charge in [0.1, 0.15) is 16.7 Å². The Bertz CT molecular complexity index is 1640. The summed E-state index contributed by atoms with van der Waals surface area (Å²) in [5.41, 5.74) is 1.83. The molecule has 4 nitrogen and oxygen atoms in total. The van der Waals surface area contributed by atoms with Gasteiger partial charge in [-0.2, -0.15) is 5.26 Å². The molecule has 2 heterocycles. The first-order valence-corrected chi connectivity index (χ1v) is 11.2. The molecule has 0 saturated carbocycles. The fourth-order valence-corrected chi connectivity index (χ4v) is 4.74. The smallest absolute Gasteiger partial charge is 0.345 e. The molecule has 0 N–H and O–H groups in total. The molecule has 5 rings (SSSR count). The molecular weight excluding hydrogens is 463 g/mol. The zero-order valence-corrected chi connectivity index (χ0v) is 18.6. The van der Waals surface area contributed by atoms with E-state index in [1.807, 2.05) is 30.3 Å². The van der Waals surface area contributed by atoms with Crippen molar-refractivity contribution in [2.45, 2.75) is 0 Å². The van der Waals surface area contributed by atoms with Gasteiger partial charge in [-0.1, -0.05) is 59.6 Å². The summed E-state index contributed by atoms with van der Waals surface area (Å²) in [5.74, 6) is 0. The maximum absolute atomic E-state index is 12.7. The second-order valence-corrected chi connectivity index (χ2v) is 8.72. The molecule has 2 aromatic heterocycles. The molecular formula is C25H12Cl2N2O2S. The number of halogens is 2. The van der Waals surface area contributed by atoms with Gasteiger partial charge in [-0.3, -0.25) is 0 Å². The second-order valence-electron chi connectivity index (χ2n) is 7.02. The van der Waals surface area contributed by atoms with Crippen molar-refractivity contribution in [3.05, 3.63) is 97.1 Å². The van der Waals surface area contributed by atoms with Gasteiger partial charge in [-0.15, -0.1) is 11.3 Å². The molecule has 7 heteroatoms. The summed E-state index contributed by atoms with van der Waals surface area (Å²) in [5, 5.41) is 15.7. The Labute approximate surface area is 196 Å². The molecule has 0 amide bonds. The van der Waals surface area contributed by atoms with Crippen LogP contribution in [0.1, 0.15) is 10.6 Å². The summed E-state index contributed by atoms with van der Waals surface area (Å²) in [7, 11) is 0. The minimum Gasteiger partial charge on any atom is -0.422 e. The van der Waals surface area contributed by atoms with Crippen LogP contribution < -0.4 is 5.63 Å². The summed E-state index contributed by atoms with van der Waals surface area (Å²) in [6, 6.07) is 20.6. The van der Waals surface area contributed by atoms with Crippen LogP contribution in [0.25, 0.3) is 44.6 Å². The first-order valence-electron chi connectivity index (χ1n) is 9.52. The van der Waals surface area contributed by atoms with E-state index in [0.29, 0.717) is 43.0 Å². The number of hydrogen-bond acceptors (Lipinski definition) is 5. The molecule has 154 valence electrons. The molecule has 0 saturated heterocycles. The number of rotatable bonds is 3. The van der Waals surface area contributed by atoms with Crippen LogP contribution in [-0.2, 0) is 0 Å². The lowest BCUT2D eigenvalue weighted by Crippen LogP contribution is -2.03. The lowest BCUT2D eigenvalue weighted by molar-refractivity contribution is 0.563. The lowest BCUT2D eigenvalue weighted by Gasteiger charge is -2.04. The molecule has 0 aliphatic rings. The molecule has 0 fully saturated rings. The molecule has 32 heavy (non-hydrogen) atoms. The first kappa shape index (κ1) is 20.5. The fourth-order valence-electron chi connectivity index (χ4n) is 3.49.